The van der Waals surface area contributed by atoms with Crippen LogP contribution in [0.4, 0.5) is 13.6 Å². The highest BCUT2D eigenvalue weighted by molar-refractivity contribution is 5.75. The number of aldehydes is 1. The molecule has 0 aliphatic carbocycles. The Morgan fingerprint density at radius 1 is 1.11 bits per heavy atom. The number of halogens is 2. The number of hydrogen-bond acceptors (Lipinski definition) is 5. The third kappa shape index (κ3) is 7.90. The van der Waals surface area contributed by atoms with Crippen molar-refractivity contribution in [3.63, 3.8) is 0 Å². The maximum absolute atomic E-state index is 13.6. The highest BCUT2D eigenvalue weighted by atomic mass is 19.1. The van der Waals surface area contributed by atoms with Gasteiger partial charge in [0, 0.05) is 46.9 Å². The van der Waals surface area contributed by atoms with Crippen molar-refractivity contribution >= 4 is 12.4 Å². The molecule has 1 fully saturated rings. The Balaban J connectivity index is 0.00000122. The zero-order valence-corrected chi connectivity index (χ0v) is 17.3. The standard InChI is InChI=1S/C18H24F2N2O3.C2H6O/c1-18(2,3)25-17(24)22-8-6-21(7-9-22)5-4-13-10-15(19)14(12-23)16(20)11-13;1-3-2/h10-12H,4-9H2,1-3H3;1-2H3. The third-order valence-corrected chi connectivity index (χ3v) is 4.00. The summed E-state index contributed by atoms with van der Waals surface area (Å²) in [5.41, 5.74) is -0.541. The lowest BCUT2D eigenvalue weighted by Crippen LogP contribution is -2.50. The monoisotopic (exact) mass is 400 g/mol. The van der Waals surface area contributed by atoms with Gasteiger partial charge in [0.1, 0.15) is 17.2 Å². The van der Waals surface area contributed by atoms with Crippen LogP contribution in [0.1, 0.15) is 36.7 Å². The molecule has 1 aliphatic heterocycles. The normalized spacial score (nSPS) is 14.9. The summed E-state index contributed by atoms with van der Waals surface area (Å²) in [5, 5.41) is 0. The number of hydrogen-bond donors (Lipinski definition) is 0. The number of amides is 1. The van der Waals surface area contributed by atoms with Crippen LogP contribution in [-0.2, 0) is 15.9 Å². The van der Waals surface area contributed by atoms with Gasteiger partial charge < -0.3 is 14.4 Å². The van der Waals surface area contributed by atoms with Crippen LogP contribution in [0.15, 0.2) is 12.1 Å². The Labute approximate surface area is 165 Å². The van der Waals surface area contributed by atoms with Gasteiger partial charge >= 0.3 is 6.09 Å². The van der Waals surface area contributed by atoms with Crippen LogP contribution in [0.5, 0.6) is 0 Å². The second-order valence-electron chi connectivity index (χ2n) is 7.56. The molecule has 0 saturated carbocycles. The molecule has 0 aromatic heterocycles. The summed E-state index contributed by atoms with van der Waals surface area (Å²) in [5.74, 6) is -1.67. The number of benzene rings is 1. The summed E-state index contributed by atoms with van der Waals surface area (Å²) in [7, 11) is 3.25. The number of ether oxygens (including phenoxy) is 2. The van der Waals surface area contributed by atoms with Gasteiger partial charge in [0.05, 0.1) is 5.56 Å². The van der Waals surface area contributed by atoms with Crippen LogP contribution in [0.2, 0.25) is 0 Å². The molecule has 8 heteroatoms. The van der Waals surface area contributed by atoms with Gasteiger partial charge in [0.15, 0.2) is 6.29 Å². The topological polar surface area (TPSA) is 59.1 Å². The zero-order chi connectivity index (χ0) is 21.3. The summed E-state index contributed by atoms with van der Waals surface area (Å²) in [4.78, 5) is 26.4. The fourth-order valence-electron chi connectivity index (χ4n) is 2.66. The van der Waals surface area contributed by atoms with Crippen molar-refractivity contribution in [3.8, 4) is 0 Å². The lowest BCUT2D eigenvalue weighted by Gasteiger charge is -2.35. The largest absolute Gasteiger partial charge is 0.444 e. The summed E-state index contributed by atoms with van der Waals surface area (Å²) < 4.78 is 36.8. The molecule has 158 valence electrons. The Bertz CT molecular complexity index is 631. The minimum Gasteiger partial charge on any atom is -0.444 e. The molecule has 6 nitrogen and oxygen atoms in total. The van der Waals surface area contributed by atoms with E-state index in [-0.39, 0.29) is 12.4 Å². The lowest BCUT2D eigenvalue weighted by molar-refractivity contribution is 0.0146. The van der Waals surface area contributed by atoms with E-state index in [1.54, 1.807) is 19.1 Å². The number of rotatable bonds is 4. The molecule has 0 spiro atoms. The summed E-state index contributed by atoms with van der Waals surface area (Å²) >= 11 is 0. The summed E-state index contributed by atoms with van der Waals surface area (Å²) in [6.07, 6.45) is 0.338. The molecule has 0 radical (unpaired) electrons. The maximum atomic E-state index is 13.6. The zero-order valence-electron chi connectivity index (χ0n) is 17.3. The molecular weight excluding hydrogens is 370 g/mol. The molecule has 2 rings (SSSR count). The van der Waals surface area contributed by atoms with Crippen molar-refractivity contribution in [2.45, 2.75) is 32.8 Å². The minimum atomic E-state index is -0.834. The Morgan fingerprint density at radius 2 is 1.61 bits per heavy atom. The summed E-state index contributed by atoms with van der Waals surface area (Å²) in [6.45, 7) is 8.58. The van der Waals surface area contributed by atoms with Gasteiger partial charge in [-0.15, -0.1) is 0 Å². The SMILES string of the molecule is CC(C)(C)OC(=O)N1CCN(CCc2cc(F)c(C=O)c(F)c2)CC1.COC. The third-order valence-electron chi connectivity index (χ3n) is 4.00. The van der Waals surface area contributed by atoms with Gasteiger partial charge in [-0.2, -0.15) is 0 Å². The number of nitrogens with zero attached hydrogens (tertiary/aromatic N) is 2. The Hall–Kier alpha value is -2.06. The van der Waals surface area contributed by atoms with E-state index >= 15 is 0 Å². The Kier molecular flexibility index (Phi) is 9.48. The van der Waals surface area contributed by atoms with Crippen LogP contribution >= 0.6 is 0 Å². The van der Waals surface area contributed by atoms with Gasteiger partial charge in [0.25, 0.3) is 0 Å². The Morgan fingerprint density at radius 3 is 2.04 bits per heavy atom. The van der Waals surface area contributed by atoms with E-state index in [2.05, 4.69) is 9.64 Å². The second kappa shape index (κ2) is 11.1. The molecule has 1 amide bonds. The van der Waals surface area contributed by atoms with Gasteiger partial charge in [-0.1, -0.05) is 0 Å². The van der Waals surface area contributed by atoms with E-state index in [4.69, 9.17) is 4.74 Å². The molecule has 1 saturated heterocycles. The first-order valence-corrected chi connectivity index (χ1v) is 9.14. The van der Waals surface area contributed by atoms with Gasteiger partial charge in [-0.25, -0.2) is 13.6 Å². The highest BCUT2D eigenvalue weighted by Gasteiger charge is 2.25. The van der Waals surface area contributed by atoms with Crippen LogP contribution in [0, 0.1) is 11.6 Å². The first-order valence-electron chi connectivity index (χ1n) is 9.14. The fraction of sp³-hybridized carbons (Fsp3) is 0.600. The molecule has 1 heterocycles. The first kappa shape index (κ1) is 24.0. The van der Waals surface area contributed by atoms with Gasteiger partial charge in [-0.3, -0.25) is 9.69 Å². The molecule has 0 atom stereocenters. The first-order chi connectivity index (χ1) is 13.1. The lowest BCUT2D eigenvalue weighted by atomic mass is 10.1. The number of methoxy groups -OCH3 is 1. The van der Waals surface area contributed by atoms with Crippen molar-refractivity contribution in [2.75, 3.05) is 46.9 Å². The molecular formula is C20H30F2N2O4. The average molecular weight is 400 g/mol. The molecule has 1 aliphatic rings. The van der Waals surface area contributed by atoms with Crippen molar-refractivity contribution in [1.82, 2.24) is 9.80 Å². The van der Waals surface area contributed by atoms with E-state index < -0.39 is 22.8 Å². The number of carbonyl (C=O) groups excluding carboxylic acids is 2. The number of piperazine rings is 1. The van der Waals surface area contributed by atoms with Crippen LogP contribution in [0.3, 0.4) is 0 Å². The van der Waals surface area contributed by atoms with E-state index in [9.17, 15) is 18.4 Å². The fourth-order valence-corrected chi connectivity index (χ4v) is 2.66. The van der Waals surface area contributed by atoms with Crippen molar-refractivity contribution in [3.05, 3.63) is 34.9 Å². The van der Waals surface area contributed by atoms with E-state index in [0.717, 1.165) is 0 Å². The van der Waals surface area contributed by atoms with Gasteiger partial charge in [-0.05, 0) is 44.9 Å². The maximum Gasteiger partial charge on any atom is 0.410 e. The van der Waals surface area contributed by atoms with E-state index in [1.807, 2.05) is 20.8 Å². The molecule has 0 bridgehead atoms. The van der Waals surface area contributed by atoms with Crippen molar-refractivity contribution in [2.24, 2.45) is 0 Å². The quantitative estimate of drug-likeness (QED) is 0.727. The average Bonchev–Trinajstić information content (AvgIpc) is 2.59. The predicted molar refractivity (Wildman–Crippen MR) is 103 cm³/mol. The van der Waals surface area contributed by atoms with E-state index in [1.165, 1.54) is 12.1 Å². The van der Waals surface area contributed by atoms with Crippen LogP contribution < -0.4 is 0 Å². The summed E-state index contributed by atoms with van der Waals surface area (Å²) in [6, 6.07) is 2.40. The molecule has 1 aromatic rings. The van der Waals surface area contributed by atoms with Crippen molar-refractivity contribution < 1.29 is 27.8 Å². The van der Waals surface area contributed by atoms with Crippen LogP contribution in [0.25, 0.3) is 0 Å². The van der Waals surface area contributed by atoms with Crippen molar-refractivity contribution in [1.29, 1.82) is 0 Å². The predicted octanol–water partition coefficient (Wildman–Crippen LogP) is 3.14. The van der Waals surface area contributed by atoms with E-state index in [0.29, 0.717) is 44.7 Å². The highest BCUT2D eigenvalue weighted by Crippen LogP contribution is 2.15. The smallest absolute Gasteiger partial charge is 0.410 e. The molecule has 1 aromatic carbocycles. The second-order valence-corrected chi connectivity index (χ2v) is 7.56. The molecule has 28 heavy (non-hydrogen) atoms. The van der Waals surface area contributed by atoms with Crippen LogP contribution in [-0.4, -0.2) is 74.7 Å². The molecule has 0 unspecified atom stereocenters. The minimum absolute atomic E-state index is 0.185. The molecule has 0 N–H and O–H groups in total. The van der Waals surface area contributed by atoms with Gasteiger partial charge in [0.2, 0.25) is 0 Å². The number of carbonyl (C=O) groups is 2.